The lowest BCUT2D eigenvalue weighted by Crippen LogP contribution is -2.29. The van der Waals surface area contributed by atoms with Gasteiger partial charge >= 0.3 is 5.91 Å². The van der Waals surface area contributed by atoms with Gasteiger partial charge in [0.25, 0.3) is 5.78 Å². The molecule has 34 heavy (non-hydrogen) atoms. The van der Waals surface area contributed by atoms with Crippen molar-refractivity contribution < 1.29 is 19.1 Å². The molecule has 1 saturated heterocycles. The Bertz CT molecular complexity index is 1480. The number of aliphatic hydroxyl groups is 1. The lowest BCUT2D eigenvalue weighted by atomic mass is 9.97. The van der Waals surface area contributed by atoms with E-state index in [1.807, 2.05) is 19.9 Å². The molecule has 1 atom stereocenters. The predicted octanol–water partition coefficient (Wildman–Crippen LogP) is 5.73. The largest absolute Gasteiger partial charge is 0.507 e. The first-order valence-corrected chi connectivity index (χ1v) is 11.5. The van der Waals surface area contributed by atoms with Gasteiger partial charge in [-0.25, -0.2) is 9.37 Å². The molecular formula is C25H17ClFN3O3S. The van der Waals surface area contributed by atoms with Crippen LogP contribution in [-0.4, -0.2) is 26.8 Å². The number of aliphatic hydroxyl groups excluding tert-OH is 1. The summed E-state index contributed by atoms with van der Waals surface area (Å²) in [5, 5.41) is 11.3. The summed E-state index contributed by atoms with van der Waals surface area (Å²) in [5.74, 6) is -2.61. The third-order valence-electron chi connectivity index (χ3n) is 5.82. The number of hydrogen-bond acceptors (Lipinski definition) is 6. The highest BCUT2D eigenvalue weighted by Crippen LogP contribution is 2.44. The summed E-state index contributed by atoms with van der Waals surface area (Å²) >= 11 is 6.94. The van der Waals surface area contributed by atoms with E-state index in [0.717, 1.165) is 22.5 Å². The van der Waals surface area contributed by atoms with E-state index < -0.39 is 23.5 Å². The van der Waals surface area contributed by atoms with Gasteiger partial charge in [0.05, 0.1) is 26.5 Å². The van der Waals surface area contributed by atoms with Crippen LogP contribution < -0.4 is 4.90 Å². The molecule has 1 unspecified atom stereocenters. The highest BCUT2D eigenvalue weighted by molar-refractivity contribution is 7.22. The zero-order chi connectivity index (χ0) is 24.1. The molecule has 0 aliphatic carbocycles. The first kappa shape index (κ1) is 22.2. The number of amides is 1. The van der Waals surface area contributed by atoms with Crippen molar-refractivity contribution >= 4 is 55.7 Å². The second-order valence-corrected chi connectivity index (χ2v) is 9.37. The Morgan fingerprint density at radius 2 is 1.91 bits per heavy atom. The van der Waals surface area contributed by atoms with E-state index in [0.29, 0.717) is 21.5 Å². The lowest BCUT2D eigenvalue weighted by molar-refractivity contribution is -0.132. The van der Waals surface area contributed by atoms with Crippen molar-refractivity contribution in [2.75, 3.05) is 4.90 Å². The van der Waals surface area contributed by atoms with Gasteiger partial charge in [-0.05, 0) is 55.3 Å². The summed E-state index contributed by atoms with van der Waals surface area (Å²) in [7, 11) is 0. The van der Waals surface area contributed by atoms with Gasteiger partial charge in [-0.15, -0.1) is 0 Å². The van der Waals surface area contributed by atoms with Gasteiger partial charge in [-0.2, -0.15) is 0 Å². The first-order valence-electron chi connectivity index (χ1n) is 10.3. The molecule has 2 aromatic carbocycles. The van der Waals surface area contributed by atoms with Gasteiger partial charge in [0.15, 0.2) is 5.13 Å². The van der Waals surface area contributed by atoms with Crippen LogP contribution in [0.4, 0.5) is 9.52 Å². The number of aryl methyl sites for hydroxylation is 2. The van der Waals surface area contributed by atoms with Crippen LogP contribution in [0, 0.1) is 19.7 Å². The summed E-state index contributed by atoms with van der Waals surface area (Å²) in [6.07, 6.45) is 1.54. The van der Waals surface area contributed by atoms with Crippen LogP contribution in [0.2, 0.25) is 5.02 Å². The third-order valence-corrected chi connectivity index (χ3v) is 7.13. The summed E-state index contributed by atoms with van der Waals surface area (Å²) in [4.78, 5) is 36.4. The van der Waals surface area contributed by atoms with Crippen molar-refractivity contribution in [3.05, 3.63) is 93.5 Å². The number of carbonyl (C=O) groups is 2. The predicted molar refractivity (Wildman–Crippen MR) is 130 cm³/mol. The fraction of sp³-hybridized carbons (Fsp3) is 0.120. The molecule has 0 bridgehead atoms. The molecule has 0 spiro atoms. The van der Waals surface area contributed by atoms with Crippen LogP contribution >= 0.6 is 22.9 Å². The number of nitrogens with zero attached hydrogens (tertiary/aromatic N) is 3. The molecule has 1 amide bonds. The molecule has 170 valence electrons. The minimum atomic E-state index is -1.01. The molecule has 1 N–H and O–H groups in total. The highest BCUT2D eigenvalue weighted by Gasteiger charge is 2.48. The van der Waals surface area contributed by atoms with Crippen molar-refractivity contribution in [1.82, 2.24) is 9.97 Å². The summed E-state index contributed by atoms with van der Waals surface area (Å²) in [5.41, 5.74) is 3.06. The van der Waals surface area contributed by atoms with Crippen LogP contribution in [0.1, 0.15) is 28.4 Å². The zero-order valence-electron chi connectivity index (χ0n) is 18.0. The number of thiazole rings is 1. The monoisotopic (exact) mass is 493 g/mol. The molecule has 1 aliphatic rings. The summed E-state index contributed by atoms with van der Waals surface area (Å²) in [6, 6.07) is 12.0. The molecule has 6 nitrogen and oxygen atoms in total. The lowest BCUT2D eigenvalue weighted by Gasteiger charge is -2.22. The highest BCUT2D eigenvalue weighted by atomic mass is 35.5. The Kier molecular flexibility index (Phi) is 5.42. The average molecular weight is 494 g/mol. The van der Waals surface area contributed by atoms with Crippen LogP contribution in [0.3, 0.4) is 0 Å². The van der Waals surface area contributed by atoms with Crippen molar-refractivity contribution in [2.24, 2.45) is 0 Å². The number of benzene rings is 2. The Hall–Kier alpha value is -3.62. The minimum absolute atomic E-state index is 0.0876. The molecule has 0 radical (unpaired) electrons. The maximum atomic E-state index is 14.0. The van der Waals surface area contributed by atoms with Gasteiger partial charge in [-0.3, -0.25) is 19.5 Å². The number of halogens is 2. The van der Waals surface area contributed by atoms with E-state index >= 15 is 0 Å². The summed E-state index contributed by atoms with van der Waals surface area (Å²) < 4.78 is 14.5. The number of fused-ring (bicyclic) bond motifs is 1. The smallest absolute Gasteiger partial charge is 0.301 e. The SMILES string of the molecule is Cc1ccc(/C(O)=C2\C(=O)C(=O)N(c3nc4cc(Cl)c(F)cc4s3)C2c2ccccn2)cc1C. The average Bonchev–Trinajstić information content (AvgIpc) is 3.33. The molecule has 3 heterocycles. The number of Topliss-reactive ketones (excluding diaryl/α,β-unsaturated/α-hetero) is 1. The van der Waals surface area contributed by atoms with E-state index in [1.54, 1.807) is 36.5 Å². The molecule has 9 heteroatoms. The number of pyridine rings is 1. The number of aromatic nitrogens is 2. The second-order valence-electron chi connectivity index (χ2n) is 7.95. The Balaban J connectivity index is 1.73. The number of ketones is 1. The Morgan fingerprint density at radius 3 is 2.62 bits per heavy atom. The molecule has 0 saturated carbocycles. The van der Waals surface area contributed by atoms with Gasteiger partial charge < -0.3 is 5.11 Å². The molecule has 5 rings (SSSR count). The van der Waals surface area contributed by atoms with Crippen molar-refractivity contribution in [3.8, 4) is 0 Å². The number of anilines is 1. The van der Waals surface area contributed by atoms with E-state index in [9.17, 15) is 19.1 Å². The van der Waals surface area contributed by atoms with E-state index in [-0.39, 0.29) is 21.5 Å². The van der Waals surface area contributed by atoms with E-state index in [4.69, 9.17) is 11.6 Å². The first-order chi connectivity index (χ1) is 16.3. The third kappa shape index (κ3) is 3.55. The molecule has 2 aromatic heterocycles. The number of carbonyl (C=O) groups excluding carboxylic acids is 2. The maximum absolute atomic E-state index is 14.0. The zero-order valence-corrected chi connectivity index (χ0v) is 19.6. The Labute approximate surface area is 203 Å². The molecule has 1 fully saturated rings. The second kappa shape index (κ2) is 8.30. The Morgan fingerprint density at radius 1 is 1.12 bits per heavy atom. The van der Waals surface area contributed by atoms with Crippen LogP contribution in [-0.2, 0) is 9.59 Å². The van der Waals surface area contributed by atoms with E-state index in [2.05, 4.69) is 9.97 Å². The van der Waals surface area contributed by atoms with Crippen LogP contribution in [0.25, 0.3) is 16.0 Å². The fourth-order valence-corrected chi connectivity index (χ4v) is 5.06. The number of rotatable bonds is 3. The topological polar surface area (TPSA) is 83.4 Å². The van der Waals surface area contributed by atoms with Gasteiger partial charge in [-0.1, -0.05) is 41.1 Å². The minimum Gasteiger partial charge on any atom is -0.507 e. The quantitative estimate of drug-likeness (QED) is 0.224. The van der Waals surface area contributed by atoms with Crippen molar-refractivity contribution in [2.45, 2.75) is 19.9 Å². The summed E-state index contributed by atoms with van der Waals surface area (Å²) in [6.45, 7) is 3.83. The number of hydrogen-bond donors (Lipinski definition) is 1. The molecule has 4 aromatic rings. The van der Waals surface area contributed by atoms with Gasteiger partial charge in [0.1, 0.15) is 17.6 Å². The van der Waals surface area contributed by atoms with Gasteiger partial charge in [0, 0.05) is 11.8 Å². The molecular weight excluding hydrogens is 477 g/mol. The van der Waals surface area contributed by atoms with Gasteiger partial charge in [0.2, 0.25) is 0 Å². The van der Waals surface area contributed by atoms with Crippen LogP contribution in [0.5, 0.6) is 0 Å². The van der Waals surface area contributed by atoms with E-state index in [1.165, 1.54) is 17.0 Å². The van der Waals surface area contributed by atoms with Crippen LogP contribution in [0.15, 0.2) is 60.3 Å². The molecule has 1 aliphatic heterocycles. The normalized spacial score (nSPS) is 17.6. The maximum Gasteiger partial charge on any atom is 0.301 e. The van der Waals surface area contributed by atoms with Crippen molar-refractivity contribution in [3.63, 3.8) is 0 Å². The van der Waals surface area contributed by atoms with Crippen molar-refractivity contribution in [1.29, 1.82) is 0 Å². The standard InChI is InChI=1S/C25H17ClFN3O3S/c1-12-6-7-14(9-13(12)2)22(31)20-21(17-5-3-4-8-28-17)30(24(33)23(20)32)25-29-18-10-15(26)16(27)11-19(18)34-25/h3-11,21,31H,1-2H3/b22-20+. The fourth-order valence-electron chi connectivity index (χ4n) is 3.91.